The molecule has 3 nitrogen and oxygen atoms in total. The summed E-state index contributed by atoms with van der Waals surface area (Å²) in [6, 6.07) is 0.679. The van der Waals surface area contributed by atoms with E-state index >= 15 is 0 Å². The lowest BCUT2D eigenvalue weighted by Crippen LogP contribution is -2.27. The van der Waals surface area contributed by atoms with E-state index in [1.54, 1.807) is 11.8 Å². The van der Waals surface area contributed by atoms with Gasteiger partial charge in [0.1, 0.15) is 0 Å². The van der Waals surface area contributed by atoms with Gasteiger partial charge in [0, 0.05) is 17.5 Å². The summed E-state index contributed by atoms with van der Waals surface area (Å²) in [5.74, 6) is 1.15. The van der Waals surface area contributed by atoms with Crippen LogP contribution in [0, 0.1) is 0 Å². The molecule has 1 heterocycles. The smallest absolute Gasteiger partial charge is 0.304 e. The Hall–Kier alpha value is -0.220. The van der Waals surface area contributed by atoms with Gasteiger partial charge in [-0.1, -0.05) is 0 Å². The molecule has 0 aromatic carbocycles. The van der Waals surface area contributed by atoms with Gasteiger partial charge in [-0.05, 0) is 26.4 Å². The van der Waals surface area contributed by atoms with Crippen LogP contribution in [0.2, 0.25) is 0 Å². The van der Waals surface area contributed by atoms with E-state index in [0.29, 0.717) is 12.5 Å². The van der Waals surface area contributed by atoms with Crippen molar-refractivity contribution < 1.29 is 9.90 Å². The molecule has 76 valence electrons. The predicted molar refractivity (Wildman–Crippen MR) is 55.2 cm³/mol. The van der Waals surface area contributed by atoms with Crippen LogP contribution in [0.5, 0.6) is 0 Å². The Kier molecular flexibility index (Phi) is 4.59. The second-order valence-corrected chi connectivity index (χ2v) is 4.65. The molecule has 0 aromatic rings. The first kappa shape index (κ1) is 10.9. The summed E-state index contributed by atoms with van der Waals surface area (Å²) in [5.41, 5.74) is 0. The molecule has 0 unspecified atom stereocenters. The van der Waals surface area contributed by atoms with Crippen LogP contribution >= 0.6 is 11.8 Å². The highest BCUT2D eigenvalue weighted by atomic mass is 32.2. The topological polar surface area (TPSA) is 40.5 Å². The summed E-state index contributed by atoms with van der Waals surface area (Å²) in [7, 11) is 2.15. The average Bonchev–Trinajstić information content (AvgIpc) is 2.45. The Morgan fingerprint density at radius 2 is 2.46 bits per heavy atom. The summed E-state index contributed by atoms with van der Waals surface area (Å²) in [4.78, 5) is 12.6. The Balaban J connectivity index is 2.02. The quantitative estimate of drug-likeness (QED) is 0.684. The number of hydrogen-bond acceptors (Lipinski definition) is 3. The molecule has 0 saturated carbocycles. The molecular weight excluding hydrogens is 186 g/mol. The monoisotopic (exact) mass is 203 g/mol. The maximum Gasteiger partial charge on any atom is 0.304 e. The van der Waals surface area contributed by atoms with Crippen molar-refractivity contribution in [1.82, 2.24) is 4.90 Å². The van der Waals surface area contributed by atoms with Gasteiger partial charge < -0.3 is 10.0 Å². The van der Waals surface area contributed by atoms with Crippen LogP contribution in [-0.4, -0.2) is 47.1 Å². The Labute approximate surface area is 83.5 Å². The minimum absolute atomic E-state index is 0.293. The van der Waals surface area contributed by atoms with E-state index in [0.717, 1.165) is 11.5 Å². The van der Waals surface area contributed by atoms with Gasteiger partial charge in [-0.25, -0.2) is 0 Å². The van der Waals surface area contributed by atoms with Crippen LogP contribution in [0.1, 0.15) is 19.3 Å². The number of aliphatic carboxylic acids is 1. The average molecular weight is 203 g/mol. The number of carbonyl (C=O) groups is 1. The van der Waals surface area contributed by atoms with E-state index in [-0.39, 0.29) is 0 Å². The molecule has 13 heavy (non-hydrogen) atoms. The van der Waals surface area contributed by atoms with E-state index in [4.69, 9.17) is 5.11 Å². The van der Waals surface area contributed by atoms with Crippen LogP contribution in [0.25, 0.3) is 0 Å². The Bertz CT molecular complexity index is 175. The minimum atomic E-state index is -0.688. The van der Waals surface area contributed by atoms with Crippen molar-refractivity contribution in [3.8, 4) is 0 Å². The van der Waals surface area contributed by atoms with Gasteiger partial charge in [-0.2, -0.15) is 11.8 Å². The SMILES string of the molecule is CN1CCC[C@H]1CSCCC(=O)O. The van der Waals surface area contributed by atoms with Crippen LogP contribution in [0.3, 0.4) is 0 Å². The van der Waals surface area contributed by atoms with Gasteiger partial charge in [-0.15, -0.1) is 0 Å². The molecule has 1 rings (SSSR count). The number of likely N-dealkylation sites (tertiary alicyclic amines) is 1. The van der Waals surface area contributed by atoms with Gasteiger partial charge in [0.2, 0.25) is 0 Å². The fourth-order valence-electron chi connectivity index (χ4n) is 1.57. The first-order chi connectivity index (χ1) is 6.20. The first-order valence-electron chi connectivity index (χ1n) is 4.70. The Morgan fingerprint density at radius 3 is 3.00 bits per heavy atom. The molecule has 4 heteroatoms. The van der Waals surface area contributed by atoms with Crippen molar-refractivity contribution in [3.63, 3.8) is 0 Å². The molecule has 1 aliphatic rings. The molecule has 1 fully saturated rings. The summed E-state index contributed by atoms with van der Waals surface area (Å²) in [6.45, 7) is 1.20. The highest BCUT2D eigenvalue weighted by molar-refractivity contribution is 7.99. The second-order valence-electron chi connectivity index (χ2n) is 3.50. The Morgan fingerprint density at radius 1 is 1.69 bits per heavy atom. The summed E-state index contributed by atoms with van der Waals surface area (Å²) < 4.78 is 0. The highest BCUT2D eigenvalue weighted by Gasteiger charge is 2.20. The molecule has 1 N–H and O–H groups in total. The number of carboxylic acid groups (broad SMARTS) is 1. The van der Waals surface area contributed by atoms with Gasteiger partial charge in [0.05, 0.1) is 6.42 Å². The molecule has 0 bridgehead atoms. The molecule has 1 aliphatic heterocycles. The van der Waals surface area contributed by atoms with E-state index in [2.05, 4.69) is 11.9 Å². The van der Waals surface area contributed by atoms with Crippen LogP contribution in [0.15, 0.2) is 0 Å². The molecule has 0 radical (unpaired) electrons. The largest absolute Gasteiger partial charge is 0.481 e. The maximum absolute atomic E-state index is 10.2. The van der Waals surface area contributed by atoms with Crippen LogP contribution in [-0.2, 0) is 4.79 Å². The van der Waals surface area contributed by atoms with Crippen molar-refractivity contribution >= 4 is 17.7 Å². The normalized spacial score (nSPS) is 23.6. The third-order valence-corrected chi connectivity index (χ3v) is 3.56. The number of rotatable bonds is 5. The highest BCUT2D eigenvalue weighted by Crippen LogP contribution is 2.19. The van der Waals surface area contributed by atoms with Gasteiger partial charge in [0.15, 0.2) is 0 Å². The lowest BCUT2D eigenvalue weighted by molar-refractivity contribution is -0.136. The van der Waals surface area contributed by atoms with Crippen molar-refractivity contribution in [2.75, 3.05) is 25.1 Å². The van der Waals surface area contributed by atoms with Crippen LogP contribution in [0.4, 0.5) is 0 Å². The third-order valence-electron chi connectivity index (χ3n) is 2.44. The zero-order valence-electron chi connectivity index (χ0n) is 8.03. The lowest BCUT2D eigenvalue weighted by Gasteiger charge is -2.18. The fraction of sp³-hybridized carbons (Fsp3) is 0.889. The maximum atomic E-state index is 10.2. The minimum Gasteiger partial charge on any atom is -0.481 e. The van der Waals surface area contributed by atoms with E-state index in [1.807, 2.05) is 0 Å². The van der Waals surface area contributed by atoms with E-state index in [1.165, 1.54) is 19.4 Å². The molecule has 1 atom stereocenters. The van der Waals surface area contributed by atoms with E-state index < -0.39 is 5.97 Å². The summed E-state index contributed by atoms with van der Waals surface area (Å²) in [6.07, 6.45) is 2.86. The number of nitrogens with zero attached hydrogens (tertiary/aromatic N) is 1. The van der Waals surface area contributed by atoms with Crippen LogP contribution < -0.4 is 0 Å². The van der Waals surface area contributed by atoms with Crippen molar-refractivity contribution in [2.24, 2.45) is 0 Å². The molecule has 0 spiro atoms. The molecule has 0 aromatic heterocycles. The van der Waals surface area contributed by atoms with Crippen molar-refractivity contribution in [2.45, 2.75) is 25.3 Å². The zero-order chi connectivity index (χ0) is 9.68. The molecule has 1 saturated heterocycles. The van der Waals surface area contributed by atoms with Gasteiger partial charge in [0.25, 0.3) is 0 Å². The molecule has 0 amide bonds. The predicted octanol–water partition coefficient (Wildman–Crippen LogP) is 1.29. The molecular formula is C9H17NO2S. The van der Waals surface area contributed by atoms with E-state index in [9.17, 15) is 4.79 Å². The summed E-state index contributed by atoms with van der Waals surface area (Å²) >= 11 is 1.76. The molecule has 0 aliphatic carbocycles. The fourth-order valence-corrected chi connectivity index (χ4v) is 2.75. The van der Waals surface area contributed by atoms with Gasteiger partial charge >= 0.3 is 5.97 Å². The second kappa shape index (κ2) is 5.50. The summed E-state index contributed by atoms with van der Waals surface area (Å²) in [5, 5.41) is 8.43. The zero-order valence-corrected chi connectivity index (χ0v) is 8.85. The lowest BCUT2D eigenvalue weighted by atomic mass is 10.2. The first-order valence-corrected chi connectivity index (χ1v) is 5.85. The van der Waals surface area contributed by atoms with Gasteiger partial charge in [-0.3, -0.25) is 4.79 Å². The number of hydrogen-bond donors (Lipinski definition) is 1. The standard InChI is InChI=1S/C9H17NO2S/c1-10-5-2-3-8(10)7-13-6-4-9(11)12/h8H,2-7H2,1H3,(H,11,12)/t8-/m0/s1. The third kappa shape index (κ3) is 4.00. The van der Waals surface area contributed by atoms with Crippen molar-refractivity contribution in [3.05, 3.63) is 0 Å². The van der Waals surface area contributed by atoms with Crippen molar-refractivity contribution in [1.29, 1.82) is 0 Å². The number of carboxylic acids is 1. The number of thioether (sulfide) groups is 1.